The molecule has 0 unspecified atom stereocenters. The Bertz CT molecular complexity index is 1120. The van der Waals surface area contributed by atoms with E-state index in [1.807, 2.05) is 6.07 Å². The van der Waals surface area contributed by atoms with Gasteiger partial charge in [-0.05, 0) is 37.1 Å². The van der Waals surface area contributed by atoms with Crippen LogP contribution >= 0.6 is 11.6 Å². The molecular weight excluding hydrogens is 392 g/mol. The van der Waals surface area contributed by atoms with Gasteiger partial charge in [0.25, 0.3) is 5.91 Å². The number of aliphatic hydroxyl groups is 1. The summed E-state index contributed by atoms with van der Waals surface area (Å²) in [5, 5.41) is 22.4. The van der Waals surface area contributed by atoms with Crippen LogP contribution in [0.25, 0.3) is 11.3 Å². The van der Waals surface area contributed by atoms with Crippen LogP contribution in [0, 0.1) is 25.2 Å². The van der Waals surface area contributed by atoms with Crippen molar-refractivity contribution in [2.75, 3.05) is 12.3 Å². The number of aromatic amines is 1. The smallest absolute Gasteiger partial charge is 0.268 e. The Morgan fingerprint density at radius 3 is 2.86 bits per heavy atom. The van der Waals surface area contributed by atoms with Gasteiger partial charge in [-0.2, -0.15) is 5.26 Å². The average Bonchev–Trinajstić information content (AvgIpc) is 3.00. The number of aryl methyl sites for hydroxylation is 1. The van der Waals surface area contributed by atoms with Crippen molar-refractivity contribution in [3.05, 3.63) is 63.6 Å². The van der Waals surface area contributed by atoms with Crippen molar-refractivity contribution in [3.63, 3.8) is 0 Å². The fraction of sp³-hybridized carbons (Fsp3) is 0.200. The molecule has 0 saturated heterocycles. The minimum Gasteiger partial charge on any atom is -0.394 e. The molecule has 148 valence electrons. The number of nitrogens with zero attached hydrogens (tertiary/aromatic N) is 3. The average molecular weight is 411 g/mol. The maximum absolute atomic E-state index is 12.9. The number of nitriles is 1. The number of carbonyl (C=O) groups excluding carboxylic acids is 1. The van der Waals surface area contributed by atoms with Crippen LogP contribution in [0.3, 0.4) is 0 Å². The quantitative estimate of drug-likeness (QED) is 0.509. The van der Waals surface area contributed by atoms with Gasteiger partial charge in [0.15, 0.2) is 0 Å². The zero-order chi connectivity index (χ0) is 21.1. The van der Waals surface area contributed by atoms with Crippen molar-refractivity contribution >= 4 is 23.5 Å². The minimum atomic E-state index is -0.628. The van der Waals surface area contributed by atoms with Gasteiger partial charge < -0.3 is 21.1 Å². The SMILES string of the molecule is Cc1[nH]c(C(=O)N[C@H](CO)c2cccc(Cl)c2)c(C)c1-c1nc(N)ncc1C#N. The van der Waals surface area contributed by atoms with Crippen LogP contribution in [0.4, 0.5) is 5.95 Å². The second-order valence-corrected chi connectivity index (χ2v) is 6.93. The fourth-order valence-corrected chi connectivity index (χ4v) is 3.39. The summed E-state index contributed by atoms with van der Waals surface area (Å²) in [6.45, 7) is 3.23. The highest BCUT2D eigenvalue weighted by molar-refractivity contribution is 6.30. The summed E-state index contributed by atoms with van der Waals surface area (Å²) in [5.74, 6) is -0.372. The molecule has 0 aliphatic heterocycles. The molecule has 0 saturated carbocycles. The lowest BCUT2D eigenvalue weighted by atomic mass is 10.0. The number of nitrogens with two attached hydrogens (primary N) is 1. The molecule has 2 aromatic heterocycles. The third-order valence-electron chi connectivity index (χ3n) is 4.57. The number of H-pyrrole nitrogens is 1. The standard InChI is InChI=1S/C20H19ClN6O2/c1-10-16(18-13(7-22)8-24-20(23)27-18)11(2)25-17(10)19(29)26-15(9-28)12-4-3-5-14(21)6-12/h3-6,8,15,25,28H,9H2,1-2H3,(H,26,29)(H2,23,24,27)/t15-/m1/s1. The lowest BCUT2D eigenvalue weighted by molar-refractivity contribution is 0.0911. The number of halogens is 1. The normalized spacial score (nSPS) is 11.7. The van der Waals surface area contributed by atoms with Crippen molar-refractivity contribution in [2.45, 2.75) is 19.9 Å². The molecule has 3 rings (SSSR count). The molecule has 5 N–H and O–H groups in total. The molecule has 29 heavy (non-hydrogen) atoms. The first-order valence-corrected chi connectivity index (χ1v) is 9.12. The molecule has 0 aliphatic carbocycles. The second kappa shape index (κ2) is 8.31. The Morgan fingerprint density at radius 2 is 2.21 bits per heavy atom. The minimum absolute atomic E-state index is 0.0336. The molecule has 9 heteroatoms. The summed E-state index contributed by atoms with van der Waals surface area (Å²) in [7, 11) is 0. The third kappa shape index (κ3) is 4.06. The van der Waals surface area contributed by atoms with E-state index in [4.69, 9.17) is 17.3 Å². The molecule has 0 bridgehead atoms. The zero-order valence-corrected chi connectivity index (χ0v) is 16.6. The van der Waals surface area contributed by atoms with Crippen molar-refractivity contribution in [3.8, 4) is 17.3 Å². The van der Waals surface area contributed by atoms with E-state index < -0.39 is 11.9 Å². The Labute approximate surface area is 172 Å². The summed E-state index contributed by atoms with van der Waals surface area (Å²) in [4.78, 5) is 24.0. The number of nitrogens with one attached hydrogen (secondary N) is 2. The number of rotatable bonds is 5. The lowest BCUT2D eigenvalue weighted by Crippen LogP contribution is -2.31. The van der Waals surface area contributed by atoms with Crippen LogP contribution in [-0.2, 0) is 0 Å². The van der Waals surface area contributed by atoms with Gasteiger partial charge in [0.1, 0.15) is 11.8 Å². The summed E-state index contributed by atoms with van der Waals surface area (Å²) < 4.78 is 0. The van der Waals surface area contributed by atoms with Crippen LogP contribution in [0.5, 0.6) is 0 Å². The predicted octanol–water partition coefficient (Wildman–Crippen LogP) is 2.66. The first-order valence-electron chi connectivity index (χ1n) is 8.75. The zero-order valence-electron chi connectivity index (χ0n) is 15.8. The van der Waals surface area contributed by atoms with E-state index >= 15 is 0 Å². The lowest BCUT2D eigenvalue weighted by Gasteiger charge is -2.17. The van der Waals surface area contributed by atoms with E-state index in [-0.39, 0.29) is 18.1 Å². The number of aromatic nitrogens is 3. The second-order valence-electron chi connectivity index (χ2n) is 6.49. The molecule has 8 nitrogen and oxygen atoms in total. The highest BCUT2D eigenvalue weighted by Crippen LogP contribution is 2.31. The van der Waals surface area contributed by atoms with Crippen LogP contribution in [0.1, 0.15) is 38.9 Å². The van der Waals surface area contributed by atoms with Crippen molar-refractivity contribution < 1.29 is 9.90 Å². The molecule has 3 aromatic rings. The van der Waals surface area contributed by atoms with Gasteiger partial charge in [-0.25, -0.2) is 9.97 Å². The first-order chi connectivity index (χ1) is 13.8. The molecule has 1 amide bonds. The largest absolute Gasteiger partial charge is 0.394 e. The van der Waals surface area contributed by atoms with Crippen molar-refractivity contribution in [2.24, 2.45) is 0 Å². The van der Waals surface area contributed by atoms with E-state index in [0.29, 0.717) is 38.8 Å². The maximum atomic E-state index is 12.9. The highest BCUT2D eigenvalue weighted by atomic mass is 35.5. The Balaban J connectivity index is 1.97. The molecular formula is C20H19ClN6O2. The van der Waals surface area contributed by atoms with E-state index in [9.17, 15) is 15.2 Å². The highest BCUT2D eigenvalue weighted by Gasteiger charge is 2.24. The number of aliphatic hydroxyl groups excluding tert-OH is 1. The van der Waals surface area contributed by atoms with Crippen LogP contribution in [0.15, 0.2) is 30.5 Å². The molecule has 0 spiro atoms. The summed E-state index contributed by atoms with van der Waals surface area (Å²) in [6, 6.07) is 8.33. The van der Waals surface area contributed by atoms with E-state index in [1.165, 1.54) is 6.20 Å². The first kappa shape index (κ1) is 20.3. The van der Waals surface area contributed by atoms with Crippen LogP contribution in [0.2, 0.25) is 5.02 Å². The number of carbonyl (C=O) groups is 1. The van der Waals surface area contributed by atoms with E-state index in [1.54, 1.807) is 38.1 Å². The number of nitrogen functional groups attached to an aromatic ring is 1. The van der Waals surface area contributed by atoms with Gasteiger partial charge in [-0.1, -0.05) is 23.7 Å². The summed E-state index contributed by atoms with van der Waals surface area (Å²) >= 11 is 6.01. The van der Waals surface area contributed by atoms with E-state index in [0.717, 1.165) is 0 Å². The molecule has 1 atom stereocenters. The van der Waals surface area contributed by atoms with Gasteiger partial charge in [0.05, 0.1) is 30.1 Å². The molecule has 2 heterocycles. The van der Waals surface area contributed by atoms with Gasteiger partial charge in [-0.15, -0.1) is 0 Å². The molecule has 0 radical (unpaired) electrons. The van der Waals surface area contributed by atoms with Crippen LogP contribution < -0.4 is 11.1 Å². The van der Waals surface area contributed by atoms with Gasteiger partial charge in [0, 0.05) is 16.3 Å². The molecule has 0 fully saturated rings. The van der Waals surface area contributed by atoms with Crippen molar-refractivity contribution in [1.29, 1.82) is 5.26 Å². The number of benzene rings is 1. The maximum Gasteiger partial charge on any atom is 0.268 e. The van der Waals surface area contributed by atoms with Crippen LogP contribution in [-0.4, -0.2) is 32.6 Å². The van der Waals surface area contributed by atoms with E-state index in [2.05, 4.69) is 20.3 Å². The Morgan fingerprint density at radius 1 is 1.45 bits per heavy atom. The molecule has 0 aliphatic rings. The third-order valence-corrected chi connectivity index (χ3v) is 4.80. The molecule has 1 aromatic carbocycles. The Hall–Kier alpha value is -3.41. The predicted molar refractivity (Wildman–Crippen MR) is 109 cm³/mol. The number of hydrogen-bond acceptors (Lipinski definition) is 6. The number of hydrogen-bond donors (Lipinski definition) is 4. The number of amides is 1. The van der Waals surface area contributed by atoms with Gasteiger partial charge in [-0.3, -0.25) is 4.79 Å². The topological polar surface area (TPSA) is 141 Å². The summed E-state index contributed by atoms with van der Waals surface area (Å²) in [5.41, 5.74) is 9.17. The fourth-order valence-electron chi connectivity index (χ4n) is 3.19. The summed E-state index contributed by atoms with van der Waals surface area (Å²) in [6.07, 6.45) is 1.35. The monoisotopic (exact) mass is 410 g/mol. The van der Waals surface area contributed by atoms with Crippen molar-refractivity contribution in [1.82, 2.24) is 20.3 Å². The van der Waals surface area contributed by atoms with Gasteiger partial charge >= 0.3 is 0 Å². The Kier molecular flexibility index (Phi) is 5.82. The van der Waals surface area contributed by atoms with Gasteiger partial charge in [0.2, 0.25) is 5.95 Å². The number of anilines is 1.